The van der Waals surface area contributed by atoms with Crippen molar-refractivity contribution in [2.75, 3.05) is 12.4 Å². The molecule has 0 aliphatic carbocycles. The van der Waals surface area contributed by atoms with Gasteiger partial charge in [-0.05, 0) is 17.7 Å². The molecule has 1 aromatic heterocycles. The highest BCUT2D eigenvalue weighted by Crippen LogP contribution is 2.24. The zero-order valence-electron chi connectivity index (χ0n) is 12.6. The molecule has 2 aromatic carbocycles. The number of carbonyl (C=O) groups is 1. The highest BCUT2D eigenvalue weighted by Gasteiger charge is 2.20. The van der Waals surface area contributed by atoms with Crippen LogP contribution in [0.4, 0.5) is 5.69 Å². The lowest BCUT2D eigenvalue weighted by Gasteiger charge is -2.16. The first kappa shape index (κ1) is 15.0. The number of nitrogens with one attached hydrogen (secondary N) is 1. The second kappa shape index (κ2) is 6.89. The van der Waals surface area contributed by atoms with Gasteiger partial charge in [-0.3, -0.25) is 4.79 Å². The van der Waals surface area contributed by atoms with Gasteiger partial charge >= 0.3 is 0 Å². The molecule has 1 N–H and O–H groups in total. The maximum atomic E-state index is 12.5. The summed E-state index contributed by atoms with van der Waals surface area (Å²) in [7, 11) is 1.52. The minimum absolute atomic E-state index is 0.228. The Labute approximate surface area is 133 Å². The number of aromatic nitrogens is 1. The minimum Gasteiger partial charge on any atom is -0.444 e. The summed E-state index contributed by atoms with van der Waals surface area (Å²) in [6, 6.07) is 16.7. The van der Waals surface area contributed by atoms with E-state index in [1.807, 2.05) is 54.6 Å². The van der Waals surface area contributed by atoms with Gasteiger partial charge in [0.05, 0.1) is 6.20 Å². The van der Waals surface area contributed by atoms with Crippen LogP contribution in [0, 0.1) is 0 Å². The van der Waals surface area contributed by atoms with E-state index in [4.69, 9.17) is 9.15 Å². The summed E-state index contributed by atoms with van der Waals surface area (Å²) in [6.45, 7) is 0. The van der Waals surface area contributed by atoms with E-state index in [1.54, 1.807) is 6.20 Å². The van der Waals surface area contributed by atoms with Gasteiger partial charge in [0.1, 0.15) is 0 Å². The van der Waals surface area contributed by atoms with E-state index in [0.29, 0.717) is 11.4 Å². The Morgan fingerprint density at radius 1 is 1.17 bits per heavy atom. The molecule has 0 saturated heterocycles. The summed E-state index contributed by atoms with van der Waals surface area (Å²) in [4.78, 5) is 16.4. The molecule has 0 bridgehead atoms. The number of benzene rings is 2. The Hall–Kier alpha value is -2.92. The molecule has 5 nitrogen and oxygen atoms in total. The molecule has 0 aliphatic rings. The number of anilines is 1. The van der Waals surface area contributed by atoms with Crippen LogP contribution >= 0.6 is 0 Å². The second-order valence-electron chi connectivity index (χ2n) is 4.96. The van der Waals surface area contributed by atoms with Gasteiger partial charge in [0.2, 0.25) is 0 Å². The molecule has 0 aliphatic heterocycles. The summed E-state index contributed by atoms with van der Waals surface area (Å²) >= 11 is 0. The van der Waals surface area contributed by atoms with Crippen LogP contribution in [-0.4, -0.2) is 18.0 Å². The lowest BCUT2D eigenvalue weighted by Crippen LogP contribution is -2.22. The Balaban J connectivity index is 1.78. The fraction of sp³-hybridized carbons (Fsp3) is 0.111. The molecule has 0 radical (unpaired) electrons. The van der Waals surface area contributed by atoms with Crippen LogP contribution in [0.3, 0.4) is 0 Å². The molecular weight excluding hydrogens is 292 g/mol. The van der Waals surface area contributed by atoms with Gasteiger partial charge in [-0.1, -0.05) is 42.5 Å². The zero-order valence-corrected chi connectivity index (χ0v) is 12.6. The Morgan fingerprint density at radius 2 is 2.00 bits per heavy atom. The molecule has 1 amide bonds. The van der Waals surface area contributed by atoms with Crippen LogP contribution in [-0.2, 0) is 9.53 Å². The third kappa shape index (κ3) is 3.46. The fourth-order valence-corrected chi connectivity index (χ4v) is 2.34. The van der Waals surface area contributed by atoms with Crippen LogP contribution < -0.4 is 5.32 Å². The van der Waals surface area contributed by atoms with E-state index in [-0.39, 0.29) is 5.91 Å². The molecule has 0 spiro atoms. The summed E-state index contributed by atoms with van der Waals surface area (Å²) < 4.78 is 10.6. The summed E-state index contributed by atoms with van der Waals surface area (Å²) in [6.07, 6.45) is 2.34. The SMILES string of the molecule is CO[C@H](C(=O)Nc1cccc(-c2cnco2)c1)c1ccccc1. The van der Waals surface area contributed by atoms with E-state index in [9.17, 15) is 4.79 Å². The van der Waals surface area contributed by atoms with Crippen LogP contribution in [0.1, 0.15) is 11.7 Å². The number of amides is 1. The quantitative estimate of drug-likeness (QED) is 0.781. The van der Waals surface area contributed by atoms with Crippen molar-refractivity contribution >= 4 is 11.6 Å². The lowest BCUT2D eigenvalue weighted by molar-refractivity contribution is -0.126. The standard InChI is InChI=1S/C18H16N2O3/c1-22-17(13-6-3-2-4-7-13)18(21)20-15-9-5-8-14(10-15)16-11-19-12-23-16/h2-12,17H,1H3,(H,20,21)/t17-/m0/s1. The molecule has 0 fully saturated rings. The number of ether oxygens (including phenoxy) is 1. The molecule has 5 heteroatoms. The maximum Gasteiger partial charge on any atom is 0.258 e. The van der Waals surface area contributed by atoms with Crippen LogP contribution in [0.15, 0.2) is 71.6 Å². The van der Waals surface area contributed by atoms with Crippen molar-refractivity contribution < 1.29 is 13.9 Å². The van der Waals surface area contributed by atoms with Crippen molar-refractivity contribution in [2.24, 2.45) is 0 Å². The van der Waals surface area contributed by atoms with E-state index in [1.165, 1.54) is 13.5 Å². The van der Waals surface area contributed by atoms with Gasteiger partial charge in [0, 0.05) is 18.4 Å². The number of hydrogen-bond donors (Lipinski definition) is 1. The minimum atomic E-state index is -0.662. The second-order valence-corrected chi connectivity index (χ2v) is 4.96. The maximum absolute atomic E-state index is 12.5. The molecule has 23 heavy (non-hydrogen) atoms. The van der Waals surface area contributed by atoms with Crippen LogP contribution in [0.5, 0.6) is 0 Å². The third-order valence-electron chi connectivity index (χ3n) is 3.42. The van der Waals surface area contributed by atoms with E-state index >= 15 is 0 Å². The summed E-state index contributed by atoms with van der Waals surface area (Å²) in [5.41, 5.74) is 2.31. The Morgan fingerprint density at radius 3 is 2.70 bits per heavy atom. The largest absolute Gasteiger partial charge is 0.444 e. The molecule has 3 rings (SSSR count). The first-order valence-corrected chi connectivity index (χ1v) is 7.15. The van der Waals surface area contributed by atoms with E-state index < -0.39 is 6.10 Å². The fourth-order valence-electron chi connectivity index (χ4n) is 2.34. The lowest BCUT2D eigenvalue weighted by atomic mass is 10.1. The van der Waals surface area contributed by atoms with E-state index in [2.05, 4.69) is 10.3 Å². The van der Waals surface area contributed by atoms with E-state index in [0.717, 1.165) is 11.1 Å². The number of carbonyl (C=O) groups excluding carboxylic acids is 1. The molecule has 0 unspecified atom stereocenters. The predicted octanol–water partition coefficient (Wildman–Crippen LogP) is 3.67. The van der Waals surface area contributed by atoms with Crippen molar-refractivity contribution in [1.29, 1.82) is 0 Å². The van der Waals surface area contributed by atoms with Gasteiger partial charge in [0.25, 0.3) is 5.91 Å². The normalized spacial score (nSPS) is 11.9. The topological polar surface area (TPSA) is 64.4 Å². The summed E-state index contributed by atoms with van der Waals surface area (Å²) in [5, 5.41) is 2.87. The van der Waals surface area contributed by atoms with Crippen molar-refractivity contribution in [3.63, 3.8) is 0 Å². The molecule has 116 valence electrons. The molecule has 3 aromatic rings. The molecule has 1 heterocycles. The van der Waals surface area contributed by atoms with Gasteiger partial charge in [-0.25, -0.2) is 4.98 Å². The van der Waals surface area contributed by atoms with Crippen molar-refractivity contribution in [2.45, 2.75) is 6.10 Å². The first-order valence-electron chi connectivity index (χ1n) is 7.15. The first-order chi connectivity index (χ1) is 11.3. The number of oxazole rings is 1. The Kier molecular flexibility index (Phi) is 4.49. The number of methoxy groups -OCH3 is 1. The monoisotopic (exact) mass is 308 g/mol. The van der Waals surface area contributed by atoms with Gasteiger partial charge in [0.15, 0.2) is 18.3 Å². The molecule has 1 atom stereocenters. The van der Waals surface area contributed by atoms with Crippen molar-refractivity contribution in [3.8, 4) is 11.3 Å². The van der Waals surface area contributed by atoms with Crippen LogP contribution in [0.2, 0.25) is 0 Å². The van der Waals surface area contributed by atoms with Crippen LogP contribution in [0.25, 0.3) is 11.3 Å². The number of rotatable bonds is 5. The average molecular weight is 308 g/mol. The van der Waals surface area contributed by atoms with Gasteiger partial charge in [-0.15, -0.1) is 0 Å². The van der Waals surface area contributed by atoms with Gasteiger partial charge < -0.3 is 14.5 Å². The highest BCUT2D eigenvalue weighted by molar-refractivity contribution is 5.95. The third-order valence-corrected chi connectivity index (χ3v) is 3.42. The van der Waals surface area contributed by atoms with Crippen molar-refractivity contribution in [1.82, 2.24) is 4.98 Å². The molecular formula is C18H16N2O3. The number of hydrogen-bond acceptors (Lipinski definition) is 4. The predicted molar refractivity (Wildman–Crippen MR) is 86.8 cm³/mol. The smallest absolute Gasteiger partial charge is 0.258 e. The highest BCUT2D eigenvalue weighted by atomic mass is 16.5. The number of nitrogens with zero attached hydrogens (tertiary/aromatic N) is 1. The Bertz CT molecular complexity index is 770. The zero-order chi connectivity index (χ0) is 16.1. The van der Waals surface area contributed by atoms with Gasteiger partial charge in [-0.2, -0.15) is 0 Å². The molecule has 0 saturated carbocycles. The average Bonchev–Trinajstić information content (AvgIpc) is 3.11. The van der Waals surface area contributed by atoms with Crippen molar-refractivity contribution in [3.05, 3.63) is 72.8 Å². The summed E-state index contributed by atoms with van der Waals surface area (Å²) in [5.74, 6) is 0.417.